The van der Waals surface area contributed by atoms with E-state index in [-0.39, 0.29) is 17.4 Å². The van der Waals surface area contributed by atoms with Crippen LogP contribution < -0.4 is 20.9 Å². The Morgan fingerprint density at radius 1 is 1.07 bits per heavy atom. The van der Waals surface area contributed by atoms with Crippen LogP contribution >= 0.6 is 23.8 Å². The number of hydrogen-bond acceptors (Lipinski definition) is 4. The van der Waals surface area contributed by atoms with Crippen molar-refractivity contribution < 1.29 is 14.3 Å². The Morgan fingerprint density at radius 2 is 1.76 bits per heavy atom. The van der Waals surface area contributed by atoms with E-state index in [2.05, 4.69) is 30.0 Å². The van der Waals surface area contributed by atoms with Gasteiger partial charge in [0.2, 0.25) is 5.91 Å². The first kappa shape index (κ1) is 22.6. The number of rotatable bonds is 7. The van der Waals surface area contributed by atoms with Crippen LogP contribution in [0.25, 0.3) is 0 Å². The Hall–Kier alpha value is -2.64. The van der Waals surface area contributed by atoms with E-state index >= 15 is 0 Å². The Balaban J connectivity index is 1.83. The number of nitrogens with one attached hydrogen (secondary N) is 3. The van der Waals surface area contributed by atoms with Gasteiger partial charge < -0.3 is 4.74 Å². The second-order valence-electron chi connectivity index (χ2n) is 6.79. The van der Waals surface area contributed by atoms with Crippen molar-refractivity contribution in [1.29, 1.82) is 0 Å². The van der Waals surface area contributed by atoms with Gasteiger partial charge in [0.05, 0.1) is 18.6 Å². The summed E-state index contributed by atoms with van der Waals surface area (Å²) in [7, 11) is 0. The molecule has 0 unspecified atom stereocenters. The molecule has 0 aliphatic heterocycles. The zero-order chi connectivity index (χ0) is 21.2. The smallest absolute Gasteiger partial charge is 0.261 e. The van der Waals surface area contributed by atoms with Gasteiger partial charge in [-0.1, -0.05) is 49.7 Å². The normalized spacial score (nSPS) is 10.3. The van der Waals surface area contributed by atoms with Gasteiger partial charge in [0.1, 0.15) is 5.75 Å². The maximum absolute atomic E-state index is 12.5. The molecule has 6 nitrogen and oxygen atoms in total. The molecule has 0 aliphatic rings. The minimum absolute atomic E-state index is 0.0172. The first-order valence-electron chi connectivity index (χ1n) is 9.21. The summed E-state index contributed by atoms with van der Waals surface area (Å²) in [5, 5.41) is 3.12. The van der Waals surface area contributed by atoms with Crippen molar-refractivity contribution in [2.24, 2.45) is 5.92 Å². The molecule has 0 saturated heterocycles. The quantitative estimate of drug-likeness (QED) is 0.459. The molecule has 0 fully saturated rings. The molecule has 8 heteroatoms. The molecule has 0 heterocycles. The zero-order valence-electron chi connectivity index (χ0n) is 16.3. The number of halogens is 1. The number of para-hydroxylation sites is 1. The van der Waals surface area contributed by atoms with Gasteiger partial charge in [0, 0.05) is 5.02 Å². The van der Waals surface area contributed by atoms with Crippen molar-refractivity contribution in [3.8, 4) is 5.75 Å². The molecular formula is C21H24ClN3O3S. The summed E-state index contributed by atoms with van der Waals surface area (Å²) in [5.74, 6) is 0.264. The average molecular weight is 434 g/mol. The number of benzene rings is 2. The number of carbonyl (C=O) groups is 2. The lowest BCUT2D eigenvalue weighted by atomic mass is 10.1. The predicted octanol–water partition coefficient (Wildman–Crippen LogP) is 3.64. The molecule has 2 rings (SSSR count). The zero-order valence-corrected chi connectivity index (χ0v) is 17.9. The molecule has 0 aromatic heterocycles. The average Bonchev–Trinajstić information content (AvgIpc) is 2.68. The highest BCUT2D eigenvalue weighted by Gasteiger charge is 2.14. The highest BCUT2D eigenvalue weighted by atomic mass is 35.5. The molecule has 0 atom stereocenters. The lowest BCUT2D eigenvalue weighted by Crippen LogP contribution is -2.48. The molecule has 0 aliphatic carbocycles. The predicted molar refractivity (Wildman–Crippen MR) is 118 cm³/mol. The number of amides is 2. The molecule has 2 aromatic carbocycles. The van der Waals surface area contributed by atoms with Gasteiger partial charge in [-0.3, -0.25) is 25.8 Å². The monoisotopic (exact) mass is 433 g/mol. The molecule has 29 heavy (non-hydrogen) atoms. The van der Waals surface area contributed by atoms with Crippen LogP contribution in [0.3, 0.4) is 0 Å². The highest BCUT2D eigenvalue weighted by Crippen LogP contribution is 2.18. The molecule has 154 valence electrons. The fourth-order valence-corrected chi connectivity index (χ4v) is 2.61. The molecule has 0 radical (unpaired) electrons. The fraction of sp³-hybridized carbons (Fsp3) is 0.286. The van der Waals surface area contributed by atoms with Gasteiger partial charge in [0.25, 0.3) is 5.91 Å². The third-order valence-corrected chi connectivity index (χ3v) is 4.36. The van der Waals surface area contributed by atoms with Crippen molar-refractivity contribution in [3.05, 3.63) is 64.7 Å². The third kappa shape index (κ3) is 8.09. The van der Waals surface area contributed by atoms with Crippen molar-refractivity contribution in [1.82, 2.24) is 16.2 Å². The lowest BCUT2D eigenvalue weighted by molar-refractivity contribution is -0.121. The highest BCUT2D eigenvalue weighted by molar-refractivity contribution is 7.80. The second kappa shape index (κ2) is 11.4. The summed E-state index contributed by atoms with van der Waals surface area (Å²) in [6, 6.07) is 13.9. The number of ether oxygens (including phenoxy) is 1. The molecular weight excluding hydrogens is 410 g/mol. The van der Waals surface area contributed by atoms with Crippen LogP contribution in [-0.4, -0.2) is 23.5 Å². The topological polar surface area (TPSA) is 79.5 Å². The summed E-state index contributed by atoms with van der Waals surface area (Å²) in [5.41, 5.74) is 6.15. The largest absolute Gasteiger partial charge is 0.493 e. The first-order chi connectivity index (χ1) is 13.8. The number of hydrazine groups is 1. The van der Waals surface area contributed by atoms with Crippen molar-refractivity contribution >= 4 is 40.7 Å². The molecule has 0 bridgehead atoms. The van der Waals surface area contributed by atoms with Gasteiger partial charge in [0.15, 0.2) is 5.11 Å². The summed E-state index contributed by atoms with van der Waals surface area (Å²) < 4.78 is 5.72. The van der Waals surface area contributed by atoms with E-state index in [1.807, 2.05) is 0 Å². The number of hydrogen-bond donors (Lipinski definition) is 3. The van der Waals surface area contributed by atoms with Gasteiger partial charge in [-0.15, -0.1) is 0 Å². The number of thiocarbonyl (C=S) groups is 1. The molecule has 0 saturated carbocycles. The van der Waals surface area contributed by atoms with Crippen LogP contribution in [0.2, 0.25) is 5.02 Å². The molecule has 2 amide bonds. The van der Waals surface area contributed by atoms with E-state index in [1.165, 1.54) is 0 Å². The Morgan fingerprint density at radius 3 is 2.45 bits per heavy atom. The standard InChI is InChI=1S/C21H24ClN3O3S/c1-14(2)11-12-28-18-6-4-3-5-17(18)20(27)23-21(29)25-24-19(26)13-15-7-9-16(22)10-8-15/h3-10,14H,11-13H2,1-2H3,(H,24,26)(H2,23,25,27,29). The lowest BCUT2D eigenvalue weighted by Gasteiger charge is -2.14. The van der Waals surface area contributed by atoms with Crippen molar-refractivity contribution in [2.45, 2.75) is 26.7 Å². The summed E-state index contributed by atoms with van der Waals surface area (Å²) >= 11 is 10.9. The van der Waals surface area contributed by atoms with Crippen LogP contribution in [0.1, 0.15) is 36.2 Å². The Labute approximate surface area is 180 Å². The Kier molecular flexibility index (Phi) is 8.89. The fourth-order valence-electron chi connectivity index (χ4n) is 2.34. The van der Waals surface area contributed by atoms with Gasteiger partial charge in [-0.25, -0.2) is 0 Å². The van der Waals surface area contributed by atoms with Gasteiger partial charge >= 0.3 is 0 Å². The maximum Gasteiger partial charge on any atom is 0.261 e. The van der Waals surface area contributed by atoms with E-state index < -0.39 is 5.91 Å². The molecule has 3 N–H and O–H groups in total. The molecule has 2 aromatic rings. The van der Waals surface area contributed by atoms with E-state index in [4.69, 9.17) is 28.6 Å². The van der Waals surface area contributed by atoms with Crippen molar-refractivity contribution in [2.75, 3.05) is 6.61 Å². The summed E-state index contributed by atoms with van der Waals surface area (Å²) in [4.78, 5) is 24.5. The van der Waals surface area contributed by atoms with Crippen LogP contribution in [0.15, 0.2) is 48.5 Å². The molecule has 0 spiro atoms. The van der Waals surface area contributed by atoms with Gasteiger partial charge in [-0.2, -0.15) is 0 Å². The van der Waals surface area contributed by atoms with Crippen LogP contribution in [0.5, 0.6) is 5.75 Å². The van der Waals surface area contributed by atoms with Crippen LogP contribution in [0, 0.1) is 5.92 Å². The van der Waals surface area contributed by atoms with E-state index in [0.29, 0.717) is 28.9 Å². The van der Waals surface area contributed by atoms with E-state index in [0.717, 1.165) is 12.0 Å². The van der Waals surface area contributed by atoms with Crippen molar-refractivity contribution in [3.63, 3.8) is 0 Å². The second-order valence-corrected chi connectivity index (χ2v) is 7.63. The maximum atomic E-state index is 12.5. The summed E-state index contributed by atoms with van der Waals surface area (Å²) in [6.45, 7) is 4.73. The summed E-state index contributed by atoms with van der Waals surface area (Å²) in [6.07, 6.45) is 1.03. The number of carbonyl (C=O) groups excluding carboxylic acids is 2. The van der Waals surface area contributed by atoms with E-state index in [9.17, 15) is 9.59 Å². The van der Waals surface area contributed by atoms with Crippen LogP contribution in [0.4, 0.5) is 0 Å². The first-order valence-corrected chi connectivity index (χ1v) is 10.00. The van der Waals surface area contributed by atoms with E-state index in [1.54, 1.807) is 48.5 Å². The van der Waals surface area contributed by atoms with Crippen LogP contribution in [-0.2, 0) is 11.2 Å². The Bertz CT molecular complexity index is 857. The third-order valence-electron chi connectivity index (χ3n) is 3.90. The minimum Gasteiger partial charge on any atom is -0.493 e. The van der Waals surface area contributed by atoms with Gasteiger partial charge in [-0.05, 0) is 54.4 Å². The SMILES string of the molecule is CC(C)CCOc1ccccc1C(=O)NC(=S)NNC(=O)Cc1ccc(Cl)cc1. The minimum atomic E-state index is -0.422.